The Balaban J connectivity index is 1.52. The molecule has 2 fully saturated rings. The van der Waals surface area contributed by atoms with Gasteiger partial charge in [0.25, 0.3) is 11.8 Å². The van der Waals surface area contributed by atoms with Crippen molar-refractivity contribution in [2.75, 3.05) is 36.5 Å². The standard InChI is InChI=1S/C29H23F4N5O3/c1-35-26(40)21-4-2-3-5-23(21)36-16-28(17-36)27(41)37(24-11-8-19(13-34)12-22(24)30)15-25(39)38(28)14-18-6-9-20(10-7-18)29(31,32)33/h2-12H,14-17H2,1H3,(H,35,40). The number of alkyl halides is 3. The summed E-state index contributed by atoms with van der Waals surface area (Å²) in [6.45, 7) is -0.739. The Morgan fingerprint density at radius 2 is 1.71 bits per heavy atom. The summed E-state index contributed by atoms with van der Waals surface area (Å²) in [7, 11) is 1.48. The Labute approximate surface area is 232 Å². The highest BCUT2D eigenvalue weighted by Gasteiger charge is 2.60. The van der Waals surface area contributed by atoms with Crippen LogP contribution in [0.15, 0.2) is 66.7 Å². The summed E-state index contributed by atoms with van der Waals surface area (Å²) in [5, 5.41) is 11.6. The predicted molar refractivity (Wildman–Crippen MR) is 140 cm³/mol. The molecule has 0 atom stereocenters. The minimum Gasteiger partial charge on any atom is -0.365 e. The summed E-state index contributed by atoms with van der Waals surface area (Å²) < 4.78 is 54.2. The van der Waals surface area contributed by atoms with Crippen LogP contribution >= 0.6 is 0 Å². The van der Waals surface area contributed by atoms with Gasteiger partial charge in [0.2, 0.25) is 5.91 Å². The second-order valence-corrected chi connectivity index (χ2v) is 9.83. The van der Waals surface area contributed by atoms with Crippen molar-refractivity contribution in [2.45, 2.75) is 18.3 Å². The number of amides is 3. The van der Waals surface area contributed by atoms with Crippen molar-refractivity contribution in [3.8, 4) is 6.07 Å². The average molecular weight is 566 g/mol. The molecule has 2 aliphatic rings. The summed E-state index contributed by atoms with van der Waals surface area (Å²) in [5.74, 6) is -2.32. The first kappa shape index (κ1) is 27.6. The maximum atomic E-state index is 15.0. The molecule has 0 aliphatic carbocycles. The molecular weight excluding hydrogens is 542 g/mol. The second-order valence-electron chi connectivity index (χ2n) is 9.83. The van der Waals surface area contributed by atoms with Crippen molar-refractivity contribution in [1.82, 2.24) is 10.2 Å². The number of hydrogen-bond donors (Lipinski definition) is 1. The molecule has 2 saturated heterocycles. The van der Waals surface area contributed by atoms with Crippen LogP contribution in [0.1, 0.15) is 27.0 Å². The zero-order valence-corrected chi connectivity index (χ0v) is 21.7. The number of piperazine rings is 1. The quantitative estimate of drug-likeness (QED) is 0.476. The van der Waals surface area contributed by atoms with Crippen molar-refractivity contribution in [3.63, 3.8) is 0 Å². The van der Waals surface area contributed by atoms with E-state index in [1.54, 1.807) is 29.2 Å². The van der Waals surface area contributed by atoms with Gasteiger partial charge in [0.15, 0.2) is 5.54 Å². The molecule has 12 heteroatoms. The fourth-order valence-electron chi connectivity index (χ4n) is 5.25. The molecule has 0 aromatic heterocycles. The molecule has 0 radical (unpaired) electrons. The number of benzene rings is 3. The molecule has 3 aromatic rings. The number of hydrogen-bond acceptors (Lipinski definition) is 5. The highest BCUT2D eigenvalue weighted by atomic mass is 19.4. The third-order valence-corrected chi connectivity index (χ3v) is 7.37. The molecule has 0 bridgehead atoms. The number of nitrogens with zero attached hydrogens (tertiary/aromatic N) is 4. The van der Waals surface area contributed by atoms with Gasteiger partial charge in [-0.15, -0.1) is 0 Å². The molecular formula is C29H23F4N5O3. The van der Waals surface area contributed by atoms with E-state index in [4.69, 9.17) is 5.26 Å². The summed E-state index contributed by atoms with van der Waals surface area (Å²) in [5.41, 5.74) is -1.21. The van der Waals surface area contributed by atoms with E-state index >= 15 is 0 Å². The molecule has 3 aromatic carbocycles. The highest BCUT2D eigenvalue weighted by Crippen LogP contribution is 2.40. The number of para-hydroxylation sites is 1. The summed E-state index contributed by atoms with van der Waals surface area (Å²) >= 11 is 0. The van der Waals surface area contributed by atoms with Crippen LogP contribution in [0.2, 0.25) is 0 Å². The molecule has 0 unspecified atom stereocenters. The number of halogens is 4. The number of anilines is 2. The zero-order chi connectivity index (χ0) is 29.5. The van der Waals surface area contributed by atoms with Crippen LogP contribution in [-0.2, 0) is 22.3 Å². The van der Waals surface area contributed by atoms with Gasteiger partial charge in [-0.2, -0.15) is 18.4 Å². The third kappa shape index (κ3) is 4.84. The Hall–Kier alpha value is -4.92. The SMILES string of the molecule is CNC(=O)c1ccccc1N1CC2(C1)C(=O)N(c1ccc(C#N)cc1F)CC(=O)N2Cc1ccc(C(F)(F)F)cc1. The maximum absolute atomic E-state index is 15.0. The van der Waals surface area contributed by atoms with E-state index < -0.39 is 41.5 Å². The van der Waals surface area contributed by atoms with Crippen LogP contribution in [-0.4, -0.2) is 54.8 Å². The Morgan fingerprint density at radius 1 is 1.02 bits per heavy atom. The smallest absolute Gasteiger partial charge is 0.365 e. The molecule has 3 amide bonds. The predicted octanol–water partition coefficient (Wildman–Crippen LogP) is 3.71. The van der Waals surface area contributed by atoms with Gasteiger partial charge < -0.3 is 15.1 Å². The second kappa shape index (κ2) is 10.2. The monoisotopic (exact) mass is 565 g/mol. The lowest BCUT2D eigenvalue weighted by atomic mass is 9.82. The summed E-state index contributed by atoms with van der Waals surface area (Å²) in [4.78, 5) is 44.2. The average Bonchev–Trinajstić information content (AvgIpc) is 2.93. The molecule has 1 N–H and O–H groups in total. The first-order valence-corrected chi connectivity index (χ1v) is 12.5. The minimum atomic E-state index is -4.53. The molecule has 210 valence electrons. The summed E-state index contributed by atoms with van der Waals surface area (Å²) in [6.07, 6.45) is -4.53. The highest BCUT2D eigenvalue weighted by molar-refractivity contribution is 6.11. The third-order valence-electron chi connectivity index (χ3n) is 7.37. The lowest BCUT2D eigenvalue weighted by molar-refractivity contribution is -0.153. The number of nitriles is 1. The van der Waals surface area contributed by atoms with Crippen molar-refractivity contribution < 1.29 is 31.9 Å². The lowest BCUT2D eigenvalue weighted by Gasteiger charge is -2.58. The number of nitrogens with one attached hydrogen (secondary N) is 1. The van der Waals surface area contributed by atoms with Crippen LogP contribution in [0.5, 0.6) is 0 Å². The molecule has 1 spiro atoms. The largest absolute Gasteiger partial charge is 0.416 e. The normalized spacial score (nSPS) is 16.4. The van der Waals surface area contributed by atoms with Crippen LogP contribution < -0.4 is 15.1 Å². The van der Waals surface area contributed by atoms with Crippen LogP contribution in [0, 0.1) is 17.1 Å². The van der Waals surface area contributed by atoms with Crippen molar-refractivity contribution in [2.24, 2.45) is 0 Å². The maximum Gasteiger partial charge on any atom is 0.416 e. The Morgan fingerprint density at radius 3 is 2.32 bits per heavy atom. The number of rotatable bonds is 5. The zero-order valence-electron chi connectivity index (χ0n) is 21.7. The van der Waals surface area contributed by atoms with E-state index in [-0.39, 0.29) is 36.8 Å². The van der Waals surface area contributed by atoms with E-state index in [0.29, 0.717) is 16.8 Å². The van der Waals surface area contributed by atoms with Crippen molar-refractivity contribution in [3.05, 3.63) is 94.8 Å². The van der Waals surface area contributed by atoms with Crippen LogP contribution in [0.4, 0.5) is 28.9 Å². The van der Waals surface area contributed by atoms with E-state index in [1.165, 1.54) is 36.2 Å². The molecule has 2 aliphatic heterocycles. The molecule has 2 heterocycles. The first-order chi connectivity index (χ1) is 19.5. The fraction of sp³-hybridized carbons (Fsp3) is 0.241. The van der Waals surface area contributed by atoms with Gasteiger partial charge in [-0.25, -0.2) is 4.39 Å². The van der Waals surface area contributed by atoms with E-state index in [2.05, 4.69) is 5.32 Å². The van der Waals surface area contributed by atoms with E-state index in [9.17, 15) is 31.9 Å². The molecule has 5 rings (SSSR count). The van der Waals surface area contributed by atoms with Gasteiger partial charge in [0.1, 0.15) is 12.4 Å². The van der Waals surface area contributed by atoms with Gasteiger partial charge in [-0.3, -0.25) is 19.3 Å². The fourth-order valence-corrected chi connectivity index (χ4v) is 5.25. The minimum absolute atomic E-state index is 0.0411. The summed E-state index contributed by atoms with van der Waals surface area (Å²) in [6, 6.07) is 16.4. The van der Waals surface area contributed by atoms with E-state index in [1.807, 2.05) is 6.07 Å². The van der Waals surface area contributed by atoms with Crippen LogP contribution in [0.3, 0.4) is 0 Å². The van der Waals surface area contributed by atoms with E-state index in [0.717, 1.165) is 23.1 Å². The molecule has 41 heavy (non-hydrogen) atoms. The molecule has 0 saturated carbocycles. The van der Waals surface area contributed by atoms with Crippen LogP contribution in [0.25, 0.3) is 0 Å². The van der Waals surface area contributed by atoms with Gasteiger partial charge in [0, 0.05) is 19.3 Å². The topological polar surface area (TPSA) is 96.7 Å². The number of carbonyl (C=O) groups excluding carboxylic acids is 3. The van der Waals surface area contributed by atoms with Gasteiger partial charge in [0.05, 0.1) is 41.5 Å². The lowest BCUT2D eigenvalue weighted by Crippen LogP contribution is -2.81. The van der Waals surface area contributed by atoms with Crippen molar-refractivity contribution >= 4 is 29.1 Å². The van der Waals surface area contributed by atoms with Crippen molar-refractivity contribution in [1.29, 1.82) is 5.26 Å². The molecule has 8 nitrogen and oxygen atoms in total. The van der Waals surface area contributed by atoms with Gasteiger partial charge in [-0.1, -0.05) is 24.3 Å². The Bertz CT molecular complexity index is 1580. The first-order valence-electron chi connectivity index (χ1n) is 12.5. The van der Waals surface area contributed by atoms with Gasteiger partial charge in [-0.05, 0) is 48.0 Å². The van der Waals surface area contributed by atoms with Gasteiger partial charge >= 0.3 is 6.18 Å². The number of carbonyl (C=O) groups is 3. The Kier molecular flexibility index (Phi) is 6.90.